The maximum Gasteiger partial charge on any atom is 0.337 e. The molecule has 1 heterocycles. The zero-order valence-electron chi connectivity index (χ0n) is 7.55. The van der Waals surface area contributed by atoms with Crippen LogP contribution in [-0.2, 0) is 0 Å². The minimum absolute atomic E-state index is 0.205. The van der Waals surface area contributed by atoms with Crippen molar-refractivity contribution in [3.63, 3.8) is 0 Å². The summed E-state index contributed by atoms with van der Waals surface area (Å²) >= 11 is 4.06. The largest absolute Gasteiger partial charge is 0.478 e. The third kappa shape index (κ3) is 3.22. The van der Waals surface area contributed by atoms with Gasteiger partial charge in [-0.15, -0.1) is 0 Å². The van der Waals surface area contributed by atoms with Gasteiger partial charge < -0.3 is 5.11 Å². The summed E-state index contributed by atoms with van der Waals surface area (Å²) in [4.78, 5) is 14.5. The zero-order chi connectivity index (χ0) is 10.4. The first-order chi connectivity index (χ1) is 6.74. The monoisotopic (exact) mass is 209 g/mol. The SMILES string of the molecule is O=C(O)c1ccc(C=CCCS)nc1. The van der Waals surface area contributed by atoms with E-state index in [9.17, 15) is 4.79 Å². The molecule has 1 aromatic heterocycles. The van der Waals surface area contributed by atoms with E-state index in [1.54, 1.807) is 6.07 Å². The van der Waals surface area contributed by atoms with Gasteiger partial charge in [-0.3, -0.25) is 4.98 Å². The molecule has 0 fully saturated rings. The number of nitrogens with zero attached hydrogens (tertiary/aromatic N) is 1. The highest BCUT2D eigenvalue weighted by atomic mass is 32.1. The van der Waals surface area contributed by atoms with E-state index in [1.165, 1.54) is 12.3 Å². The Hall–Kier alpha value is -1.29. The summed E-state index contributed by atoms with van der Waals surface area (Å²) in [6.07, 6.45) is 6.03. The molecule has 74 valence electrons. The molecule has 0 amide bonds. The van der Waals surface area contributed by atoms with Gasteiger partial charge in [-0.1, -0.05) is 6.08 Å². The Kier molecular flexibility index (Phi) is 4.19. The Morgan fingerprint density at radius 3 is 2.86 bits per heavy atom. The van der Waals surface area contributed by atoms with Gasteiger partial charge in [-0.2, -0.15) is 12.6 Å². The first-order valence-electron chi connectivity index (χ1n) is 4.21. The number of aromatic carboxylic acids is 1. The number of pyridine rings is 1. The van der Waals surface area contributed by atoms with Crippen LogP contribution in [0, 0.1) is 0 Å². The van der Waals surface area contributed by atoms with Crippen LogP contribution in [0.5, 0.6) is 0 Å². The third-order valence-corrected chi connectivity index (χ3v) is 1.88. The van der Waals surface area contributed by atoms with Crippen LogP contribution >= 0.6 is 12.6 Å². The number of hydrogen-bond acceptors (Lipinski definition) is 3. The summed E-state index contributed by atoms with van der Waals surface area (Å²) in [5, 5.41) is 8.62. The van der Waals surface area contributed by atoms with Crippen molar-refractivity contribution in [2.24, 2.45) is 0 Å². The first-order valence-corrected chi connectivity index (χ1v) is 4.84. The van der Waals surface area contributed by atoms with Crippen molar-refractivity contribution in [1.82, 2.24) is 4.98 Å². The van der Waals surface area contributed by atoms with E-state index in [4.69, 9.17) is 5.11 Å². The molecule has 0 aromatic carbocycles. The van der Waals surface area contributed by atoms with E-state index in [0.717, 1.165) is 17.9 Å². The van der Waals surface area contributed by atoms with Crippen molar-refractivity contribution in [2.45, 2.75) is 6.42 Å². The van der Waals surface area contributed by atoms with Gasteiger partial charge in [0.1, 0.15) is 0 Å². The van der Waals surface area contributed by atoms with Gasteiger partial charge in [-0.05, 0) is 30.4 Å². The summed E-state index contributed by atoms with van der Waals surface area (Å²) in [5.41, 5.74) is 0.966. The number of aromatic nitrogens is 1. The van der Waals surface area contributed by atoms with Crippen molar-refractivity contribution >= 4 is 24.7 Å². The van der Waals surface area contributed by atoms with Gasteiger partial charge in [0.2, 0.25) is 0 Å². The lowest BCUT2D eigenvalue weighted by molar-refractivity contribution is 0.0696. The van der Waals surface area contributed by atoms with E-state index in [0.29, 0.717) is 0 Å². The van der Waals surface area contributed by atoms with Crippen molar-refractivity contribution < 1.29 is 9.90 Å². The van der Waals surface area contributed by atoms with Crippen LogP contribution < -0.4 is 0 Å². The topological polar surface area (TPSA) is 50.2 Å². The van der Waals surface area contributed by atoms with Gasteiger partial charge >= 0.3 is 5.97 Å². The normalized spacial score (nSPS) is 10.6. The average Bonchev–Trinajstić information content (AvgIpc) is 2.19. The number of hydrogen-bond donors (Lipinski definition) is 2. The van der Waals surface area contributed by atoms with Gasteiger partial charge in [-0.25, -0.2) is 4.79 Å². The Morgan fingerprint density at radius 2 is 2.36 bits per heavy atom. The van der Waals surface area contributed by atoms with Gasteiger partial charge in [0.25, 0.3) is 0 Å². The zero-order valence-corrected chi connectivity index (χ0v) is 8.45. The van der Waals surface area contributed by atoms with Gasteiger partial charge in [0.05, 0.1) is 11.3 Å². The quantitative estimate of drug-likeness (QED) is 0.747. The predicted molar refractivity (Wildman–Crippen MR) is 58.7 cm³/mol. The molecule has 0 saturated heterocycles. The highest BCUT2D eigenvalue weighted by Crippen LogP contribution is 2.02. The number of thiol groups is 1. The molecular formula is C10H11NO2S. The molecule has 0 radical (unpaired) electrons. The molecular weight excluding hydrogens is 198 g/mol. The molecule has 0 aliphatic rings. The first kappa shape index (κ1) is 10.8. The Morgan fingerprint density at radius 1 is 1.57 bits per heavy atom. The summed E-state index contributed by atoms with van der Waals surface area (Å²) < 4.78 is 0. The molecule has 0 unspecified atom stereocenters. The number of carboxylic acid groups (broad SMARTS) is 1. The molecule has 0 atom stereocenters. The van der Waals surface area contributed by atoms with Gasteiger partial charge in [0, 0.05) is 6.20 Å². The van der Waals surface area contributed by atoms with E-state index in [-0.39, 0.29) is 5.56 Å². The van der Waals surface area contributed by atoms with Crippen molar-refractivity contribution in [2.75, 3.05) is 5.75 Å². The lowest BCUT2D eigenvalue weighted by Gasteiger charge is -1.94. The molecule has 0 aliphatic heterocycles. The molecule has 1 N–H and O–H groups in total. The van der Waals surface area contributed by atoms with Crippen LogP contribution in [-0.4, -0.2) is 21.8 Å². The Bertz CT molecular complexity index is 332. The third-order valence-electron chi connectivity index (χ3n) is 1.62. The summed E-state index contributed by atoms with van der Waals surface area (Å²) in [5.74, 6) is -0.160. The molecule has 1 aromatic rings. The number of allylic oxidation sites excluding steroid dienone is 1. The Balaban J connectivity index is 2.68. The van der Waals surface area contributed by atoms with E-state index in [2.05, 4.69) is 17.6 Å². The van der Waals surface area contributed by atoms with Crippen LogP contribution in [0.4, 0.5) is 0 Å². The molecule has 0 spiro atoms. The van der Waals surface area contributed by atoms with Crippen LogP contribution in [0.2, 0.25) is 0 Å². The second-order valence-electron chi connectivity index (χ2n) is 2.69. The number of rotatable bonds is 4. The fourth-order valence-electron chi connectivity index (χ4n) is 0.909. The highest BCUT2D eigenvalue weighted by Gasteiger charge is 2.00. The van der Waals surface area contributed by atoms with E-state index < -0.39 is 5.97 Å². The Labute approximate surface area is 87.9 Å². The van der Waals surface area contributed by atoms with Crippen LogP contribution in [0.15, 0.2) is 24.4 Å². The van der Waals surface area contributed by atoms with Gasteiger partial charge in [0.15, 0.2) is 0 Å². The number of carbonyl (C=O) groups is 1. The van der Waals surface area contributed by atoms with E-state index in [1.807, 2.05) is 12.2 Å². The molecule has 14 heavy (non-hydrogen) atoms. The maximum atomic E-state index is 10.5. The molecule has 3 nitrogen and oxygen atoms in total. The van der Waals surface area contributed by atoms with Crippen LogP contribution in [0.1, 0.15) is 22.5 Å². The molecule has 1 rings (SSSR count). The fourth-order valence-corrected chi connectivity index (χ4v) is 1.06. The fraction of sp³-hybridized carbons (Fsp3) is 0.200. The van der Waals surface area contributed by atoms with Crippen molar-refractivity contribution in [1.29, 1.82) is 0 Å². The minimum atomic E-state index is -0.955. The lowest BCUT2D eigenvalue weighted by Crippen LogP contribution is -1.96. The summed E-state index contributed by atoms with van der Waals surface area (Å²) in [7, 11) is 0. The standard InChI is InChI=1S/C10H11NO2S/c12-10(13)8-4-5-9(11-7-8)3-1-2-6-14/h1,3-5,7,14H,2,6H2,(H,12,13). The lowest BCUT2D eigenvalue weighted by atomic mass is 10.2. The van der Waals surface area contributed by atoms with Crippen LogP contribution in [0.25, 0.3) is 6.08 Å². The maximum absolute atomic E-state index is 10.5. The minimum Gasteiger partial charge on any atom is -0.478 e. The molecule has 0 saturated carbocycles. The molecule has 0 bridgehead atoms. The molecule has 0 aliphatic carbocycles. The van der Waals surface area contributed by atoms with Crippen molar-refractivity contribution in [3.8, 4) is 0 Å². The predicted octanol–water partition coefficient (Wildman–Crippen LogP) is 2.11. The smallest absolute Gasteiger partial charge is 0.337 e. The second-order valence-corrected chi connectivity index (χ2v) is 3.14. The van der Waals surface area contributed by atoms with Crippen LogP contribution in [0.3, 0.4) is 0 Å². The highest BCUT2D eigenvalue weighted by molar-refractivity contribution is 7.80. The van der Waals surface area contributed by atoms with Crippen molar-refractivity contribution in [3.05, 3.63) is 35.7 Å². The van der Waals surface area contributed by atoms with E-state index >= 15 is 0 Å². The number of carboxylic acids is 1. The summed E-state index contributed by atoms with van der Waals surface area (Å²) in [6, 6.07) is 3.22. The second kappa shape index (κ2) is 5.44. The summed E-state index contributed by atoms with van der Waals surface area (Å²) in [6.45, 7) is 0. The average molecular weight is 209 g/mol. The molecule has 4 heteroatoms.